The summed E-state index contributed by atoms with van der Waals surface area (Å²) in [6.07, 6.45) is 0.438. The van der Waals surface area contributed by atoms with E-state index in [4.69, 9.17) is 18.4 Å². The Kier molecular flexibility index (Phi) is 14.4. The van der Waals surface area contributed by atoms with Crippen LogP contribution in [-0.2, 0) is 51.2 Å². The molecular weight excluding hydrogens is 711 g/mol. The zero-order valence-corrected chi connectivity index (χ0v) is 33.3. The van der Waals surface area contributed by atoms with Crippen LogP contribution in [0.2, 0.25) is 0 Å². The molecule has 4 rings (SSSR count). The van der Waals surface area contributed by atoms with Crippen molar-refractivity contribution in [3.05, 3.63) is 112 Å². The Morgan fingerprint density at radius 3 is 2.13 bits per heavy atom. The number of hydrogen-bond donors (Lipinski definition) is 1. The zero-order chi connectivity index (χ0) is 39.6. The number of hydrogen-bond acceptors (Lipinski definition) is 9. The Morgan fingerprint density at radius 2 is 1.54 bits per heavy atom. The average molecular weight is 764 g/mol. The number of nitrogens with one attached hydrogen (secondary N) is 1. The molecule has 1 fully saturated rings. The second kappa shape index (κ2) is 18.5. The molecule has 1 aliphatic carbocycles. The summed E-state index contributed by atoms with van der Waals surface area (Å²) in [7, 11) is -1.61. The number of ether oxygens (including phenoxy) is 3. The van der Waals surface area contributed by atoms with E-state index in [-0.39, 0.29) is 29.8 Å². The second-order valence-electron chi connectivity index (χ2n) is 14.5. The fourth-order valence-corrected chi connectivity index (χ4v) is 6.67. The lowest BCUT2D eigenvalue weighted by molar-refractivity contribution is -0.148. The van der Waals surface area contributed by atoms with Gasteiger partial charge in [-0.05, 0) is 88.8 Å². The highest BCUT2D eigenvalue weighted by Crippen LogP contribution is 2.31. The van der Waals surface area contributed by atoms with Crippen LogP contribution in [0, 0.1) is 20.8 Å². The van der Waals surface area contributed by atoms with Crippen LogP contribution in [0.4, 0.5) is 4.79 Å². The van der Waals surface area contributed by atoms with Gasteiger partial charge in [-0.1, -0.05) is 66.2 Å². The van der Waals surface area contributed by atoms with Crippen molar-refractivity contribution in [1.29, 1.82) is 0 Å². The van der Waals surface area contributed by atoms with Crippen LogP contribution < -0.4 is 5.32 Å². The fraction of sp³-hybridized carbons (Fsp3) is 0.439. The summed E-state index contributed by atoms with van der Waals surface area (Å²) in [4.78, 5) is 45.1. The molecule has 0 aliphatic heterocycles. The summed E-state index contributed by atoms with van der Waals surface area (Å²) in [5.74, 6) is -1.44. The summed E-state index contributed by atoms with van der Waals surface area (Å²) >= 11 is 0. The van der Waals surface area contributed by atoms with E-state index in [9.17, 15) is 22.8 Å². The van der Waals surface area contributed by atoms with Crippen LogP contribution in [0.1, 0.15) is 67.9 Å². The van der Waals surface area contributed by atoms with E-state index in [0.29, 0.717) is 6.54 Å². The van der Waals surface area contributed by atoms with Crippen LogP contribution in [0.15, 0.2) is 89.5 Å². The Balaban J connectivity index is 1.78. The van der Waals surface area contributed by atoms with Gasteiger partial charge < -0.3 is 33.5 Å². The van der Waals surface area contributed by atoms with Gasteiger partial charge in [0.1, 0.15) is 22.3 Å². The molecule has 0 heterocycles. The van der Waals surface area contributed by atoms with E-state index in [2.05, 4.69) is 5.32 Å². The molecule has 3 aromatic rings. The maximum atomic E-state index is 14.6. The third-order valence-electron chi connectivity index (χ3n) is 8.96. The molecule has 54 heavy (non-hydrogen) atoms. The lowest BCUT2D eigenvalue weighted by atomic mass is 10.0. The lowest BCUT2D eigenvalue weighted by Gasteiger charge is -2.31. The highest BCUT2D eigenvalue weighted by molar-refractivity contribution is 7.86. The van der Waals surface area contributed by atoms with Crippen LogP contribution in [0.3, 0.4) is 0 Å². The molecule has 0 radical (unpaired) electrons. The van der Waals surface area contributed by atoms with E-state index in [1.165, 1.54) is 31.3 Å². The molecule has 12 nitrogen and oxygen atoms in total. The van der Waals surface area contributed by atoms with Crippen LogP contribution in [0.5, 0.6) is 0 Å². The molecule has 13 heteroatoms. The Morgan fingerprint density at radius 1 is 0.889 bits per heavy atom. The van der Waals surface area contributed by atoms with Gasteiger partial charge >= 0.3 is 16.2 Å². The van der Waals surface area contributed by atoms with E-state index >= 15 is 0 Å². The number of rotatable bonds is 17. The number of benzene rings is 3. The highest BCUT2D eigenvalue weighted by atomic mass is 32.2. The third-order valence-corrected chi connectivity index (χ3v) is 10.2. The van der Waals surface area contributed by atoms with Crippen molar-refractivity contribution >= 4 is 28.0 Å². The Labute approximate surface area is 319 Å². The molecule has 3 aromatic carbocycles. The predicted molar refractivity (Wildman–Crippen MR) is 204 cm³/mol. The quantitative estimate of drug-likeness (QED) is 0.0724. The number of methoxy groups -OCH3 is 2. The third kappa shape index (κ3) is 12.4. The molecule has 1 aliphatic rings. The molecule has 292 valence electrons. The van der Waals surface area contributed by atoms with E-state index in [1.807, 2.05) is 69.3 Å². The topological polar surface area (TPSA) is 141 Å². The van der Waals surface area contributed by atoms with Crippen molar-refractivity contribution in [2.24, 2.45) is 0 Å². The minimum absolute atomic E-state index is 0.0426. The first kappa shape index (κ1) is 42.0. The maximum Gasteiger partial charge on any atom is 0.408 e. The zero-order valence-electron chi connectivity index (χ0n) is 32.5. The van der Waals surface area contributed by atoms with Gasteiger partial charge in [0.15, 0.2) is 6.29 Å². The van der Waals surface area contributed by atoms with E-state index < -0.39 is 52.4 Å². The molecule has 0 spiro atoms. The molecule has 0 aromatic heterocycles. The van der Waals surface area contributed by atoms with Crippen molar-refractivity contribution in [3.63, 3.8) is 0 Å². The minimum atomic E-state index is -4.50. The summed E-state index contributed by atoms with van der Waals surface area (Å²) in [6.45, 7) is 11.2. The van der Waals surface area contributed by atoms with Crippen molar-refractivity contribution in [1.82, 2.24) is 15.1 Å². The van der Waals surface area contributed by atoms with Gasteiger partial charge in [-0.15, -0.1) is 0 Å². The minimum Gasteiger partial charge on any atom is -0.444 e. The van der Waals surface area contributed by atoms with Gasteiger partial charge in [-0.3, -0.25) is 9.59 Å². The van der Waals surface area contributed by atoms with Crippen LogP contribution >= 0.6 is 0 Å². The normalized spacial score (nSPS) is 14.0. The fourth-order valence-electron chi connectivity index (χ4n) is 5.70. The van der Waals surface area contributed by atoms with Gasteiger partial charge in [0.25, 0.3) is 5.91 Å². The van der Waals surface area contributed by atoms with Crippen molar-refractivity contribution in [3.8, 4) is 0 Å². The first-order valence-corrected chi connectivity index (χ1v) is 19.4. The van der Waals surface area contributed by atoms with Gasteiger partial charge in [-0.25, -0.2) is 4.79 Å². The molecule has 3 amide bonds. The van der Waals surface area contributed by atoms with Gasteiger partial charge in [0.05, 0.1) is 6.54 Å². The smallest absolute Gasteiger partial charge is 0.408 e. The maximum absolute atomic E-state index is 14.6. The summed E-state index contributed by atoms with van der Waals surface area (Å²) < 4.78 is 49.6. The largest absolute Gasteiger partial charge is 0.444 e. The standard InChI is InChI=1S/C41H53N3O9S/c1-28-17-21-35(22-18-28)54(48,49)53-34(24-37(45)44(33-19-20-33)26-32-16-12-13-29(2)30(32)3)23-36(42-40(47)52-41(4,5)6)39(46)43(27-38(50-7)51-8)25-31-14-10-9-11-15-31/h9-18,21-22,24,33,36,38H,19-20,23,25-27H2,1-8H3,(H,42,47)/b34-24+/t36-/m1/s1. The molecular formula is C41H53N3O9S. The lowest BCUT2D eigenvalue weighted by Crippen LogP contribution is -2.51. The summed E-state index contributed by atoms with van der Waals surface area (Å²) in [5.41, 5.74) is 3.79. The number of carbonyl (C=O) groups is 3. The number of alkyl carbamates (subject to hydrolysis) is 1. The number of carbonyl (C=O) groups excluding carboxylic acids is 3. The van der Waals surface area contributed by atoms with Crippen LogP contribution in [-0.4, -0.2) is 80.9 Å². The van der Waals surface area contributed by atoms with Crippen molar-refractivity contribution < 1.29 is 41.2 Å². The molecule has 0 bridgehead atoms. The first-order chi connectivity index (χ1) is 25.5. The summed E-state index contributed by atoms with van der Waals surface area (Å²) in [5, 5.41) is 2.63. The van der Waals surface area contributed by atoms with Crippen molar-refractivity contribution in [2.45, 2.75) is 103 Å². The monoisotopic (exact) mass is 763 g/mol. The first-order valence-electron chi connectivity index (χ1n) is 17.9. The van der Waals surface area contributed by atoms with Gasteiger partial charge in [0, 0.05) is 45.8 Å². The van der Waals surface area contributed by atoms with Gasteiger partial charge in [0.2, 0.25) is 5.91 Å². The summed E-state index contributed by atoms with van der Waals surface area (Å²) in [6, 6.07) is 19.7. The number of amides is 3. The molecule has 0 saturated heterocycles. The Hall–Kier alpha value is -4.72. The van der Waals surface area contributed by atoms with E-state index in [0.717, 1.165) is 46.7 Å². The van der Waals surface area contributed by atoms with Crippen LogP contribution in [0.25, 0.3) is 0 Å². The average Bonchev–Trinajstić information content (AvgIpc) is 3.95. The Bertz CT molecular complexity index is 1880. The predicted octanol–water partition coefficient (Wildman–Crippen LogP) is 6.32. The number of aryl methyl sites for hydroxylation is 2. The molecule has 1 atom stereocenters. The van der Waals surface area contributed by atoms with Crippen molar-refractivity contribution in [2.75, 3.05) is 20.8 Å². The highest BCUT2D eigenvalue weighted by Gasteiger charge is 2.35. The number of nitrogens with zero attached hydrogens (tertiary/aromatic N) is 2. The van der Waals surface area contributed by atoms with Gasteiger partial charge in [-0.2, -0.15) is 8.42 Å². The SMILES string of the molecule is COC(CN(Cc1ccccc1)C(=O)[C@@H](C/C(=C\C(=O)N(Cc1cccc(C)c1C)C1CC1)OS(=O)(=O)c1ccc(C)cc1)NC(=O)OC(C)(C)C)OC. The second-order valence-corrected chi connectivity index (χ2v) is 16.1. The molecule has 0 unspecified atom stereocenters. The van der Waals surface area contributed by atoms with E-state index in [1.54, 1.807) is 37.8 Å². The molecule has 1 saturated carbocycles. The molecule has 1 N–H and O–H groups in total.